The van der Waals surface area contributed by atoms with Gasteiger partial charge >= 0.3 is 0 Å². The number of rotatable bonds is 6. The van der Waals surface area contributed by atoms with Crippen LogP contribution in [0.3, 0.4) is 0 Å². The van der Waals surface area contributed by atoms with Crippen molar-refractivity contribution in [3.8, 4) is 67.5 Å². The third kappa shape index (κ3) is 5.63. The van der Waals surface area contributed by atoms with Gasteiger partial charge in [-0.05, 0) is 68.4 Å². The first-order valence-electron chi connectivity index (χ1n) is 17.8. The Bertz CT molecular complexity index is 2800. The Balaban J connectivity index is 1.23. The van der Waals surface area contributed by atoms with Gasteiger partial charge in [0, 0.05) is 27.5 Å². The Labute approximate surface area is 306 Å². The van der Waals surface area contributed by atoms with Crippen molar-refractivity contribution in [2.75, 3.05) is 0 Å². The summed E-state index contributed by atoms with van der Waals surface area (Å²) in [5.41, 5.74) is 11.0. The molecule has 0 aliphatic carbocycles. The van der Waals surface area contributed by atoms with E-state index in [0.717, 1.165) is 82.8 Å². The maximum atomic E-state index is 6.58. The second kappa shape index (κ2) is 12.9. The van der Waals surface area contributed by atoms with E-state index in [1.807, 2.05) is 18.2 Å². The molecule has 0 bridgehead atoms. The van der Waals surface area contributed by atoms with Crippen LogP contribution in [0.2, 0.25) is 0 Å². The van der Waals surface area contributed by atoms with Crippen LogP contribution in [0.1, 0.15) is 0 Å². The van der Waals surface area contributed by atoms with Crippen molar-refractivity contribution in [3.63, 3.8) is 0 Å². The van der Waals surface area contributed by atoms with E-state index in [9.17, 15) is 0 Å². The molecule has 2 heterocycles. The molecule has 8 aromatic carbocycles. The van der Waals surface area contributed by atoms with Gasteiger partial charge in [0.05, 0.1) is 0 Å². The summed E-state index contributed by atoms with van der Waals surface area (Å²) in [6.07, 6.45) is 0. The summed E-state index contributed by atoms with van der Waals surface area (Å²) >= 11 is 0. The standard InChI is InChI=1S/C49H31N3O/c1-4-12-32(13-5-1)34-20-24-37(25-21-34)47-50-48(38-26-22-35(23-27-38)33-14-6-2-7-15-33)52-49(51-47)46-41(36-16-8-3-9-17-36)28-29-43-45(46)42-30-39-18-10-11-19-40(39)31-44(42)53-43/h1-31H. The maximum absolute atomic E-state index is 6.58. The summed E-state index contributed by atoms with van der Waals surface area (Å²) in [6, 6.07) is 65.1. The lowest BCUT2D eigenvalue weighted by molar-refractivity contribution is 0.669. The van der Waals surface area contributed by atoms with Gasteiger partial charge in [-0.25, -0.2) is 15.0 Å². The molecule has 0 saturated heterocycles. The lowest BCUT2D eigenvalue weighted by Gasteiger charge is -2.14. The van der Waals surface area contributed by atoms with Crippen LogP contribution in [0.5, 0.6) is 0 Å². The van der Waals surface area contributed by atoms with Crippen molar-refractivity contribution in [1.82, 2.24) is 15.0 Å². The lowest BCUT2D eigenvalue weighted by atomic mass is 9.94. The van der Waals surface area contributed by atoms with Crippen molar-refractivity contribution in [1.29, 1.82) is 0 Å². The van der Waals surface area contributed by atoms with Gasteiger partial charge in [-0.15, -0.1) is 0 Å². The smallest absolute Gasteiger partial charge is 0.165 e. The molecule has 2 aromatic heterocycles. The van der Waals surface area contributed by atoms with Crippen LogP contribution in [0, 0.1) is 0 Å². The quantitative estimate of drug-likeness (QED) is 0.176. The Hall–Kier alpha value is -7.17. The molecule has 0 saturated carbocycles. The minimum Gasteiger partial charge on any atom is -0.456 e. The number of hydrogen-bond acceptors (Lipinski definition) is 4. The van der Waals surface area contributed by atoms with Crippen LogP contribution in [0.25, 0.3) is 100 Å². The zero-order valence-corrected chi connectivity index (χ0v) is 28.6. The molecule has 248 valence electrons. The first-order valence-corrected chi connectivity index (χ1v) is 17.8. The molecule has 0 N–H and O–H groups in total. The van der Waals surface area contributed by atoms with E-state index >= 15 is 0 Å². The van der Waals surface area contributed by atoms with Gasteiger partial charge in [0.2, 0.25) is 0 Å². The fourth-order valence-corrected chi connectivity index (χ4v) is 7.27. The topological polar surface area (TPSA) is 51.8 Å². The Morgan fingerprint density at radius 1 is 0.321 bits per heavy atom. The Kier molecular flexibility index (Phi) is 7.43. The van der Waals surface area contributed by atoms with Crippen LogP contribution in [0.4, 0.5) is 0 Å². The van der Waals surface area contributed by atoms with Gasteiger partial charge in [0.15, 0.2) is 17.5 Å². The van der Waals surface area contributed by atoms with E-state index in [4.69, 9.17) is 19.4 Å². The molecule has 10 rings (SSSR count). The van der Waals surface area contributed by atoms with Crippen LogP contribution >= 0.6 is 0 Å². The highest BCUT2D eigenvalue weighted by Crippen LogP contribution is 2.43. The molecule has 0 amide bonds. The predicted octanol–water partition coefficient (Wildman–Crippen LogP) is 12.9. The van der Waals surface area contributed by atoms with Crippen LogP contribution in [-0.4, -0.2) is 15.0 Å². The van der Waals surface area contributed by atoms with Crippen molar-refractivity contribution in [2.24, 2.45) is 0 Å². The van der Waals surface area contributed by atoms with E-state index in [0.29, 0.717) is 17.5 Å². The molecular formula is C49H31N3O. The summed E-state index contributed by atoms with van der Waals surface area (Å²) in [7, 11) is 0. The number of fused-ring (bicyclic) bond motifs is 4. The van der Waals surface area contributed by atoms with Crippen molar-refractivity contribution < 1.29 is 4.42 Å². The highest BCUT2D eigenvalue weighted by Gasteiger charge is 2.22. The van der Waals surface area contributed by atoms with Crippen molar-refractivity contribution >= 4 is 32.7 Å². The average Bonchev–Trinajstić information content (AvgIpc) is 3.60. The highest BCUT2D eigenvalue weighted by atomic mass is 16.3. The van der Waals surface area contributed by atoms with E-state index in [1.165, 1.54) is 0 Å². The third-order valence-corrected chi connectivity index (χ3v) is 9.95. The number of nitrogens with zero attached hydrogens (tertiary/aromatic N) is 3. The van der Waals surface area contributed by atoms with Gasteiger partial charge in [-0.3, -0.25) is 0 Å². The first kappa shape index (κ1) is 30.6. The number of benzene rings is 8. The first-order chi connectivity index (χ1) is 26.2. The Morgan fingerprint density at radius 2 is 0.755 bits per heavy atom. The second-order valence-corrected chi connectivity index (χ2v) is 13.2. The molecule has 0 fully saturated rings. The van der Waals surface area contributed by atoms with Crippen LogP contribution < -0.4 is 0 Å². The SMILES string of the molecule is c1ccc(-c2ccc(-c3nc(-c4ccc(-c5ccccc5)cc4)nc(-c4c(-c5ccccc5)ccc5oc6cc7ccccc7cc6c45)n3)cc2)cc1. The van der Waals surface area contributed by atoms with Gasteiger partial charge in [0.25, 0.3) is 0 Å². The zero-order chi connectivity index (χ0) is 35.1. The molecule has 0 aliphatic heterocycles. The molecular weight excluding hydrogens is 647 g/mol. The van der Waals surface area contributed by atoms with Crippen LogP contribution in [-0.2, 0) is 0 Å². The molecule has 4 heteroatoms. The van der Waals surface area contributed by atoms with Gasteiger partial charge < -0.3 is 4.42 Å². The van der Waals surface area contributed by atoms with Gasteiger partial charge in [-0.2, -0.15) is 0 Å². The molecule has 53 heavy (non-hydrogen) atoms. The molecule has 0 aliphatic rings. The third-order valence-electron chi connectivity index (χ3n) is 9.95. The molecule has 0 atom stereocenters. The molecule has 0 spiro atoms. The number of furan rings is 1. The maximum Gasteiger partial charge on any atom is 0.165 e. The van der Waals surface area contributed by atoms with Gasteiger partial charge in [0.1, 0.15) is 11.2 Å². The van der Waals surface area contributed by atoms with Crippen molar-refractivity contribution in [3.05, 3.63) is 188 Å². The van der Waals surface area contributed by atoms with Crippen LogP contribution in [0.15, 0.2) is 192 Å². The predicted molar refractivity (Wildman–Crippen MR) is 217 cm³/mol. The molecule has 4 nitrogen and oxygen atoms in total. The summed E-state index contributed by atoms with van der Waals surface area (Å²) in [5, 5.41) is 4.28. The highest BCUT2D eigenvalue weighted by molar-refractivity contribution is 6.17. The van der Waals surface area contributed by atoms with E-state index in [2.05, 4.69) is 170 Å². The van der Waals surface area contributed by atoms with E-state index in [1.54, 1.807) is 0 Å². The fraction of sp³-hybridized carbons (Fsp3) is 0. The summed E-state index contributed by atoms with van der Waals surface area (Å²) in [6.45, 7) is 0. The van der Waals surface area contributed by atoms with E-state index < -0.39 is 0 Å². The number of aromatic nitrogens is 3. The monoisotopic (exact) mass is 677 g/mol. The Morgan fingerprint density at radius 3 is 1.30 bits per heavy atom. The normalized spacial score (nSPS) is 11.4. The summed E-state index contributed by atoms with van der Waals surface area (Å²) in [5.74, 6) is 1.79. The summed E-state index contributed by atoms with van der Waals surface area (Å²) in [4.78, 5) is 15.7. The lowest BCUT2D eigenvalue weighted by Crippen LogP contribution is -2.01. The van der Waals surface area contributed by atoms with Gasteiger partial charge in [-0.1, -0.05) is 164 Å². The largest absolute Gasteiger partial charge is 0.456 e. The molecule has 0 unspecified atom stereocenters. The number of hydrogen-bond donors (Lipinski definition) is 0. The molecule has 10 aromatic rings. The summed E-state index contributed by atoms with van der Waals surface area (Å²) < 4.78 is 6.58. The second-order valence-electron chi connectivity index (χ2n) is 13.2. The van der Waals surface area contributed by atoms with E-state index in [-0.39, 0.29) is 0 Å². The van der Waals surface area contributed by atoms with Crippen molar-refractivity contribution in [2.45, 2.75) is 0 Å². The zero-order valence-electron chi connectivity index (χ0n) is 28.6. The minimum atomic E-state index is 0.588. The average molecular weight is 678 g/mol. The molecule has 0 radical (unpaired) electrons. The fourth-order valence-electron chi connectivity index (χ4n) is 7.27. The minimum absolute atomic E-state index is 0.588.